The van der Waals surface area contributed by atoms with E-state index in [1.54, 1.807) is 11.2 Å². The summed E-state index contributed by atoms with van der Waals surface area (Å²) in [6.45, 7) is 5.46. The number of halogens is 1. The Morgan fingerprint density at radius 3 is 2.66 bits per heavy atom. The lowest BCUT2D eigenvalue weighted by atomic mass is 10.1. The summed E-state index contributed by atoms with van der Waals surface area (Å²) in [6.07, 6.45) is 1.64. The van der Waals surface area contributed by atoms with Crippen LogP contribution in [0, 0.1) is 0 Å². The summed E-state index contributed by atoms with van der Waals surface area (Å²) in [5.41, 5.74) is 2.38. The average molecular weight is 414 g/mol. The number of furan rings is 1. The summed E-state index contributed by atoms with van der Waals surface area (Å²) in [5, 5.41) is 0.903. The number of hydrogen-bond acceptors (Lipinski definition) is 3. The van der Waals surface area contributed by atoms with E-state index in [4.69, 9.17) is 16.0 Å². The molecule has 2 amide bonds. The molecule has 0 N–H and O–H groups in total. The van der Waals surface area contributed by atoms with Gasteiger partial charge in [-0.05, 0) is 31.5 Å². The Balaban J connectivity index is 1.65. The molecule has 152 valence electrons. The first-order valence-corrected chi connectivity index (χ1v) is 10.3. The molecule has 6 nitrogen and oxygen atoms in total. The highest BCUT2D eigenvalue weighted by Crippen LogP contribution is 2.30. The van der Waals surface area contributed by atoms with Crippen LogP contribution in [0.4, 0.5) is 0 Å². The average Bonchev–Trinajstić information content (AvgIpc) is 3.34. The van der Waals surface area contributed by atoms with E-state index in [1.165, 1.54) is 0 Å². The van der Waals surface area contributed by atoms with Crippen LogP contribution in [-0.2, 0) is 4.79 Å². The second-order valence-electron chi connectivity index (χ2n) is 7.49. The summed E-state index contributed by atoms with van der Waals surface area (Å²) in [5.74, 6) is -0.180. The lowest BCUT2D eigenvalue weighted by Gasteiger charge is -2.39. The first-order chi connectivity index (χ1) is 14.0. The van der Waals surface area contributed by atoms with Gasteiger partial charge in [-0.3, -0.25) is 14.2 Å². The maximum Gasteiger partial charge on any atom is 0.270 e. The Labute approximate surface area is 174 Å². The highest BCUT2D eigenvalue weighted by Gasteiger charge is 2.32. The third kappa shape index (κ3) is 3.53. The van der Waals surface area contributed by atoms with E-state index >= 15 is 0 Å². The highest BCUT2D eigenvalue weighted by molar-refractivity contribution is 6.27. The van der Waals surface area contributed by atoms with E-state index in [9.17, 15) is 9.59 Å². The van der Waals surface area contributed by atoms with Crippen molar-refractivity contribution in [2.24, 2.45) is 0 Å². The topological polar surface area (TPSA) is 58.7 Å². The van der Waals surface area contributed by atoms with Crippen molar-refractivity contribution >= 4 is 34.5 Å². The third-order valence-corrected chi connectivity index (χ3v) is 5.91. The summed E-state index contributed by atoms with van der Waals surface area (Å²) >= 11 is 5.71. The number of amides is 2. The zero-order valence-electron chi connectivity index (χ0n) is 16.5. The molecular formula is C22H24ClN3O3. The van der Waals surface area contributed by atoms with Gasteiger partial charge in [0.2, 0.25) is 11.6 Å². The molecule has 1 saturated heterocycles. The number of piperazine rings is 1. The number of benzene rings is 1. The number of aromatic nitrogens is 1. The fourth-order valence-electron chi connectivity index (χ4n) is 4.12. The molecule has 4 rings (SSSR count). The van der Waals surface area contributed by atoms with Crippen LogP contribution in [0.5, 0.6) is 0 Å². The second kappa shape index (κ2) is 7.95. The minimum Gasteiger partial charge on any atom is -0.448 e. The number of carbonyl (C=O) groups is 2. The van der Waals surface area contributed by atoms with Gasteiger partial charge in [-0.15, -0.1) is 11.6 Å². The molecule has 3 heterocycles. The molecule has 1 aliphatic rings. The normalized spacial score (nSPS) is 18.2. The summed E-state index contributed by atoms with van der Waals surface area (Å²) in [7, 11) is 0. The Bertz CT molecular complexity index is 1030. The Hall–Kier alpha value is -2.73. The van der Waals surface area contributed by atoms with Gasteiger partial charge in [0.05, 0.1) is 12.3 Å². The molecule has 0 saturated carbocycles. The molecule has 2 atom stereocenters. The van der Waals surface area contributed by atoms with Crippen LogP contribution in [0.3, 0.4) is 0 Å². The fraction of sp³-hybridized carbons (Fsp3) is 0.364. The molecule has 29 heavy (non-hydrogen) atoms. The largest absolute Gasteiger partial charge is 0.448 e. The molecule has 7 heteroatoms. The van der Waals surface area contributed by atoms with Crippen molar-refractivity contribution in [3.8, 4) is 0 Å². The quantitative estimate of drug-likeness (QED) is 0.612. The van der Waals surface area contributed by atoms with Crippen molar-refractivity contribution < 1.29 is 14.0 Å². The van der Waals surface area contributed by atoms with Crippen molar-refractivity contribution in [1.82, 2.24) is 14.4 Å². The first kappa shape index (κ1) is 19.6. The van der Waals surface area contributed by atoms with Gasteiger partial charge in [0, 0.05) is 31.1 Å². The van der Waals surface area contributed by atoms with Crippen LogP contribution in [0.2, 0.25) is 0 Å². The molecule has 3 aromatic rings. The van der Waals surface area contributed by atoms with Crippen molar-refractivity contribution in [2.45, 2.75) is 25.9 Å². The van der Waals surface area contributed by atoms with E-state index in [0.717, 1.165) is 10.9 Å². The summed E-state index contributed by atoms with van der Waals surface area (Å²) in [4.78, 5) is 29.0. The van der Waals surface area contributed by atoms with Gasteiger partial charge in [0.15, 0.2) is 0 Å². The third-order valence-electron chi connectivity index (χ3n) is 5.68. The number of carbonyl (C=O) groups excluding carboxylic acids is 2. The van der Waals surface area contributed by atoms with Crippen LogP contribution < -0.4 is 0 Å². The molecular weight excluding hydrogens is 390 g/mol. The SMILES string of the molecule is C[C@H](c1ccccc1)n1c(C(=O)N2CCN(C(=O)CCl)[C@@H](C)C2)cc2ccoc21. The van der Waals surface area contributed by atoms with E-state index in [0.29, 0.717) is 31.0 Å². The molecule has 0 aliphatic carbocycles. The first-order valence-electron chi connectivity index (χ1n) is 9.79. The van der Waals surface area contributed by atoms with Gasteiger partial charge in [-0.1, -0.05) is 30.3 Å². The molecule has 1 fully saturated rings. The van der Waals surface area contributed by atoms with E-state index in [-0.39, 0.29) is 29.8 Å². The molecule has 0 unspecified atom stereocenters. The fourth-order valence-corrected chi connectivity index (χ4v) is 4.28. The van der Waals surface area contributed by atoms with E-state index in [2.05, 4.69) is 6.92 Å². The predicted molar refractivity (Wildman–Crippen MR) is 112 cm³/mol. The smallest absolute Gasteiger partial charge is 0.270 e. The molecule has 0 radical (unpaired) electrons. The number of fused-ring (bicyclic) bond motifs is 1. The Morgan fingerprint density at radius 2 is 1.97 bits per heavy atom. The van der Waals surface area contributed by atoms with Gasteiger partial charge in [0.1, 0.15) is 11.6 Å². The number of hydrogen-bond donors (Lipinski definition) is 0. The van der Waals surface area contributed by atoms with Gasteiger partial charge < -0.3 is 14.2 Å². The van der Waals surface area contributed by atoms with Crippen molar-refractivity contribution in [1.29, 1.82) is 0 Å². The lowest BCUT2D eigenvalue weighted by Crippen LogP contribution is -2.56. The van der Waals surface area contributed by atoms with Crippen LogP contribution >= 0.6 is 11.6 Å². The maximum absolute atomic E-state index is 13.4. The van der Waals surface area contributed by atoms with Crippen LogP contribution in [0.25, 0.3) is 11.1 Å². The number of alkyl halides is 1. The zero-order chi connectivity index (χ0) is 20.5. The zero-order valence-corrected chi connectivity index (χ0v) is 17.3. The van der Waals surface area contributed by atoms with E-state index in [1.807, 2.05) is 58.9 Å². The van der Waals surface area contributed by atoms with Gasteiger partial charge in [-0.25, -0.2) is 0 Å². The van der Waals surface area contributed by atoms with Crippen LogP contribution in [0.15, 0.2) is 53.1 Å². The van der Waals surface area contributed by atoms with Crippen molar-refractivity contribution in [3.63, 3.8) is 0 Å². The summed E-state index contributed by atoms with van der Waals surface area (Å²) in [6, 6.07) is 13.7. The molecule has 2 aromatic heterocycles. The molecule has 1 aromatic carbocycles. The highest BCUT2D eigenvalue weighted by atomic mass is 35.5. The second-order valence-corrected chi connectivity index (χ2v) is 7.76. The predicted octanol–water partition coefficient (Wildman–Crippen LogP) is 3.76. The van der Waals surface area contributed by atoms with Crippen molar-refractivity contribution in [2.75, 3.05) is 25.5 Å². The Morgan fingerprint density at radius 1 is 1.21 bits per heavy atom. The Kier molecular flexibility index (Phi) is 5.37. The van der Waals surface area contributed by atoms with Crippen LogP contribution in [0.1, 0.15) is 35.9 Å². The standard InChI is InChI=1S/C22H24ClN3O3/c1-15-14-24(9-10-25(15)20(27)13-23)21(28)19-12-18-8-11-29-22(18)26(19)16(2)17-6-4-3-5-7-17/h3-8,11-12,15-16H,9-10,13-14H2,1-2H3/t15-,16+/m0/s1. The molecule has 0 bridgehead atoms. The lowest BCUT2D eigenvalue weighted by molar-refractivity contribution is -0.132. The summed E-state index contributed by atoms with van der Waals surface area (Å²) < 4.78 is 7.68. The van der Waals surface area contributed by atoms with Crippen molar-refractivity contribution in [3.05, 3.63) is 60.0 Å². The van der Waals surface area contributed by atoms with E-state index < -0.39 is 0 Å². The monoisotopic (exact) mass is 413 g/mol. The maximum atomic E-state index is 13.4. The number of rotatable bonds is 4. The molecule has 1 aliphatic heterocycles. The molecule has 0 spiro atoms. The van der Waals surface area contributed by atoms with Crippen LogP contribution in [-0.4, -0.2) is 57.7 Å². The van der Waals surface area contributed by atoms with Gasteiger partial charge >= 0.3 is 0 Å². The number of nitrogens with zero attached hydrogens (tertiary/aromatic N) is 3. The van der Waals surface area contributed by atoms with Gasteiger partial charge in [0.25, 0.3) is 5.91 Å². The van der Waals surface area contributed by atoms with Gasteiger partial charge in [-0.2, -0.15) is 0 Å². The minimum atomic E-state index is -0.0927. The minimum absolute atomic E-state index is 0.0356.